The van der Waals surface area contributed by atoms with E-state index < -0.39 is 6.10 Å². The van der Waals surface area contributed by atoms with Crippen LogP contribution in [-0.4, -0.2) is 80.3 Å². The van der Waals surface area contributed by atoms with Crippen LogP contribution in [0.25, 0.3) is 11.2 Å². The van der Waals surface area contributed by atoms with Crippen LogP contribution in [-0.2, 0) is 6.54 Å². The van der Waals surface area contributed by atoms with Crippen LogP contribution >= 0.6 is 0 Å². The average molecular weight is 458 g/mol. The Hall–Kier alpha value is -3.33. The molecule has 2 N–H and O–H groups in total. The highest BCUT2D eigenvalue weighted by Gasteiger charge is 2.27. The number of rotatable bonds is 8. The maximum absolute atomic E-state index is 10.8. The number of aliphatic hydroxyl groups is 1. The van der Waals surface area contributed by atoms with Crippen molar-refractivity contribution < 1.29 is 5.11 Å². The highest BCUT2D eigenvalue weighted by atomic mass is 16.3. The van der Waals surface area contributed by atoms with E-state index in [1.165, 1.54) is 17.5 Å². The van der Waals surface area contributed by atoms with Crippen LogP contribution in [0.2, 0.25) is 0 Å². The first-order valence-electron chi connectivity index (χ1n) is 11.8. The molecule has 1 aliphatic heterocycles. The lowest BCUT2D eigenvalue weighted by atomic mass is 9.96. The molecule has 0 bridgehead atoms. The lowest BCUT2D eigenvalue weighted by molar-refractivity contribution is 0.0560. The standard InChI is InChI=1S/C26H31N7O/c1-27-25-23-26(29-18-28-25)33(19-30-23)17-22(34)16-31-12-14-32(15-13-31)24(20-8-4-2-5-9-20)21-10-6-3-7-11-21/h2-11,18-19,22,24,34H,12-17H2,1H3,(H,27,28,29). The molecule has 1 fully saturated rings. The van der Waals surface area contributed by atoms with Crippen molar-refractivity contribution in [2.45, 2.75) is 18.7 Å². The van der Waals surface area contributed by atoms with Gasteiger partial charge in [-0.3, -0.25) is 9.80 Å². The van der Waals surface area contributed by atoms with Crippen LogP contribution in [0.1, 0.15) is 17.2 Å². The van der Waals surface area contributed by atoms with Crippen molar-refractivity contribution in [2.75, 3.05) is 45.1 Å². The summed E-state index contributed by atoms with van der Waals surface area (Å²) in [6.07, 6.45) is 2.75. The van der Waals surface area contributed by atoms with E-state index in [1.54, 1.807) is 6.33 Å². The van der Waals surface area contributed by atoms with E-state index in [0.717, 1.165) is 37.3 Å². The number of hydrogen-bond acceptors (Lipinski definition) is 7. The molecule has 176 valence electrons. The van der Waals surface area contributed by atoms with Gasteiger partial charge in [0.15, 0.2) is 11.5 Å². The Morgan fingerprint density at radius 1 is 0.853 bits per heavy atom. The molecular formula is C26H31N7O. The number of nitrogens with one attached hydrogen (secondary N) is 1. The zero-order valence-electron chi connectivity index (χ0n) is 19.5. The van der Waals surface area contributed by atoms with Crippen LogP contribution < -0.4 is 5.32 Å². The molecule has 0 radical (unpaired) electrons. The molecule has 3 heterocycles. The summed E-state index contributed by atoms with van der Waals surface area (Å²) in [6, 6.07) is 21.7. The first-order valence-corrected chi connectivity index (χ1v) is 11.8. The first kappa shape index (κ1) is 22.5. The number of aromatic nitrogens is 4. The van der Waals surface area contributed by atoms with Crippen molar-refractivity contribution in [2.24, 2.45) is 0 Å². The largest absolute Gasteiger partial charge is 0.390 e. The Morgan fingerprint density at radius 3 is 2.12 bits per heavy atom. The van der Waals surface area contributed by atoms with Crippen molar-refractivity contribution in [1.29, 1.82) is 0 Å². The molecule has 1 unspecified atom stereocenters. The smallest absolute Gasteiger partial charge is 0.165 e. The molecule has 1 atom stereocenters. The molecule has 0 spiro atoms. The van der Waals surface area contributed by atoms with E-state index in [1.807, 2.05) is 11.6 Å². The number of benzene rings is 2. The molecule has 5 rings (SSSR count). The van der Waals surface area contributed by atoms with Crippen molar-refractivity contribution in [3.63, 3.8) is 0 Å². The summed E-state index contributed by atoms with van der Waals surface area (Å²) < 4.78 is 1.90. The Morgan fingerprint density at radius 2 is 1.50 bits per heavy atom. The molecule has 1 saturated heterocycles. The average Bonchev–Trinajstić information content (AvgIpc) is 3.29. The van der Waals surface area contributed by atoms with Crippen molar-refractivity contribution in [1.82, 2.24) is 29.3 Å². The Balaban J connectivity index is 1.22. The molecule has 0 aliphatic carbocycles. The minimum absolute atomic E-state index is 0.243. The molecule has 0 saturated carbocycles. The molecule has 2 aromatic carbocycles. The van der Waals surface area contributed by atoms with E-state index in [2.05, 4.69) is 90.7 Å². The highest BCUT2D eigenvalue weighted by Crippen LogP contribution is 2.29. The molecule has 8 nitrogen and oxygen atoms in total. The van der Waals surface area contributed by atoms with E-state index in [4.69, 9.17) is 0 Å². The monoisotopic (exact) mass is 457 g/mol. The van der Waals surface area contributed by atoms with E-state index in [0.29, 0.717) is 18.9 Å². The summed E-state index contributed by atoms with van der Waals surface area (Å²) >= 11 is 0. The van der Waals surface area contributed by atoms with Crippen LogP contribution in [0.5, 0.6) is 0 Å². The van der Waals surface area contributed by atoms with Crippen molar-refractivity contribution in [3.05, 3.63) is 84.4 Å². The van der Waals surface area contributed by atoms with Gasteiger partial charge in [-0.2, -0.15) is 0 Å². The molecule has 2 aromatic heterocycles. The second-order valence-corrected chi connectivity index (χ2v) is 8.76. The number of hydrogen-bond donors (Lipinski definition) is 2. The third-order valence-corrected chi connectivity index (χ3v) is 6.52. The van der Waals surface area contributed by atoms with Gasteiger partial charge in [0.05, 0.1) is 25.0 Å². The summed E-state index contributed by atoms with van der Waals surface area (Å²) in [5.41, 5.74) is 4.09. The van der Waals surface area contributed by atoms with E-state index >= 15 is 0 Å². The number of β-amino-alcohol motifs (C(OH)–C–C–N with tert-alkyl or cyclic N) is 1. The lowest BCUT2D eigenvalue weighted by Crippen LogP contribution is -2.50. The van der Waals surface area contributed by atoms with Gasteiger partial charge in [-0.05, 0) is 11.1 Å². The van der Waals surface area contributed by atoms with E-state index in [-0.39, 0.29) is 6.04 Å². The molecule has 0 amide bonds. The van der Waals surface area contributed by atoms with Crippen LogP contribution in [0.15, 0.2) is 73.3 Å². The number of aliphatic hydroxyl groups excluding tert-OH is 1. The van der Waals surface area contributed by atoms with E-state index in [9.17, 15) is 5.11 Å². The quantitative estimate of drug-likeness (QED) is 0.421. The molecule has 34 heavy (non-hydrogen) atoms. The van der Waals surface area contributed by atoms with Crippen LogP contribution in [0, 0.1) is 0 Å². The van der Waals surface area contributed by atoms with Gasteiger partial charge < -0.3 is 15.0 Å². The fourth-order valence-electron chi connectivity index (χ4n) is 4.87. The van der Waals surface area contributed by atoms with Gasteiger partial charge in [-0.25, -0.2) is 15.0 Å². The third-order valence-electron chi connectivity index (χ3n) is 6.52. The highest BCUT2D eigenvalue weighted by molar-refractivity contribution is 5.82. The topological polar surface area (TPSA) is 82.3 Å². The zero-order valence-corrected chi connectivity index (χ0v) is 19.5. The molecule has 4 aromatic rings. The first-order chi connectivity index (χ1) is 16.7. The predicted molar refractivity (Wildman–Crippen MR) is 134 cm³/mol. The van der Waals surface area contributed by atoms with Gasteiger partial charge in [-0.15, -0.1) is 0 Å². The van der Waals surface area contributed by atoms with Gasteiger partial charge in [0.2, 0.25) is 0 Å². The number of nitrogens with zero attached hydrogens (tertiary/aromatic N) is 6. The Kier molecular flexibility index (Phi) is 6.80. The summed E-state index contributed by atoms with van der Waals surface area (Å²) in [5, 5.41) is 13.9. The maximum atomic E-state index is 10.8. The molecule has 8 heteroatoms. The van der Waals surface area contributed by atoms with Crippen LogP contribution in [0.3, 0.4) is 0 Å². The lowest BCUT2D eigenvalue weighted by Gasteiger charge is -2.40. The fraction of sp³-hybridized carbons (Fsp3) is 0.346. The number of imidazole rings is 1. The number of anilines is 1. The summed E-state index contributed by atoms with van der Waals surface area (Å²) in [7, 11) is 1.81. The Bertz CT molecular complexity index is 1150. The number of fused-ring (bicyclic) bond motifs is 1. The zero-order chi connectivity index (χ0) is 23.3. The van der Waals surface area contributed by atoms with Gasteiger partial charge in [0.25, 0.3) is 0 Å². The molecule has 1 aliphatic rings. The Labute approximate surface area is 199 Å². The van der Waals surface area contributed by atoms with Gasteiger partial charge in [0, 0.05) is 39.8 Å². The summed E-state index contributed by atoms with van der Waals surface area (Å²) in [5.74, 6) is 0.695. The van der Waals surface area contributed by atoms with Gasteiger partial charge in [-0.1, -0.05) is 60.7 Å². The van der Waals surface area contributed by atoms with Crippen molar-refractivity contribution in [3.8, 4) is 0 Å². The predicted octanol–water partition coefficient (Wildman–Crippen LogP) is 2.64. The minimum atomic E-state index is -0.504. The second-order valence-electron chi connectivity index (χ2n) is 8.76. The fourth-order valence-corrected chi connectivity index (χ4v) is 4.87. The van der Waals surface area contributed by atoms with Gasteiger partial charge >= 0.3 is 0 Å². The minimum Gasteiger partial charge on any atom is -0.390 e. The SMILES string of the molecule is CNc1ncnc2c1ncn2CC(O)CN1CCN(C(c2ccccc2)c2ccccc2)CC1. The second kappa shape index (κ2) is 10.3. The third kappa shape index (κ3) is 4.79. The molecular weight excluding hydrogens is 426 g/mol. The van der Waals surface area contributed by atoms with Gasteiger partial charge in [0.1, 0.15) is 11.8 Å². The maximum Gasteiger partial charge on any atom is 0.165 e. The van der Waals surface area contributed by atoms with Crippen LogP contribution in [0.4, 0.5) is 5.82 Å². The van der Waals surface area contributed by atoms with Crippen molar-refractivity contribution >= 4 is 17.0 Å². The normalized spacial score (nSPS) is 16.2. The summed E-state index contributed by atoms with van der Waals surface area (Å²) in [4.78, 5) is 17.9. The number of piperazine rings is 1. The summed E-state index contributed by atoms with van der Waals surface area (Å²) in [6.45, 7) is 4.82.